The smallest absolute Gasteiger partial charge is 0.271 e. The van der Waals surface area contributed by atoms with Crippen molar-refractivity contribution in [1.29, 1.82) is 0 Å². The molecule has 0 fully saturated rings. The minimum atomic E-state index is -0.252. The Labute approximate surface area is 122 Å². The molecule has 7 heteroatoms. The summed E-state index contributed by atoms with van der Waals surface area (Å²) in [5.74, 6) is 1.73. The Kier molecular flexibility index (Phi) is 5.11. The quantitative estimate of drug-likeness (QED) is 0.843. The molecule has 0 aliphatic rings. The van der Waals surface area contributed by atoms with Gasteiger partial charge in [0.2, 0.25) is 0 Å². The topological polar surface area (TPSA) is 77.4 Å². The predicted octanol–water partition coefficient (Wildman–Crippen LogP) is 2.15. The van der Waals surface area contributed by atoms with Crippen LogP contribution in [0.1, 0.15) is 25.7 Å². The van der Waals surface area contributed by atoms with Gasteiger partial charge in [-0.2, -0.15) is 4.98 Å². The van der Waals surface area contributed by atoms with E-state index in [2.05, 4.69) is 28.9 Å². The van der Waals surface area contributed by atoms with E-state index in [0.29, 0.717) is 18.3 Å². The molecule has 0 aromatic carbocycles. The van der Waals surface area contributed by atoms with E-state index in [1.165, 1.54) is 11.3 Å². The molecular weight excluding hydrogens is 276 g/mol. The maximum Gasteiger partial charge on any atom is 0.271 e. The molecule has 2 aromatic heterocycles. The Bertz CT molecular complexity index is 536. The molecule has 2 heterocycles. The molecule has 1 atom stereocenters. The minimum Gasteiger partial charge on any atom is -0.495 e. The number of likely N-dealkylation sites (N-methyl/N-ethyl adjacent to an activating group) is 1. The van der Waals surface area contributed by atoms with Crippen LogP contribution in [0.25, 0.3) is 10.8 Å². The molecule has 0 aliphatic heterocycles. The van der Waals surface area contributed by atoms with Crippen molar-refractivity contribution >= 4 is 11.3 Å². The highest BCUT2D eigenvalue weighted by molar-refractivity contribution is 7.13. The van der Waals surface area contributed by atoms with Gasteiger partial charge in [0.25, 0.3) is 5.89 Å². The van der Waals surface area contributed by atoms with Crippen LogP contribution in [0.2, 0.25) is 0 Å². The summed E-state index contributed by atoms with van der Waals surface area (Å²) >= 11 is 1.50. The Hall–Kier alpha value is -1.44. The molecule has 0 amide bonds. The van der Waals surface area contributed by atoms with Gasteiger partial charge in [-0.1, -0.05) is 19.0 Å². The van der Waals surface area contributed by atoms with Crippen LogP contribution in [0.5, 0.6) is 5.75 Å². The van der Waals surface area contributed by atoms with Crippen molar-refractivity contribution in [3.05, 3.63) is 17.3 Å². The maximum atomic E-state index is 6.13. The molecule has 2 N–H and O–H groups in total. The molecule has 6 nitrogen and oxygen atoms in total. The molecule has 110 valence electrons. The van der Waals surface area contributed by atoms with E-state index >= 15 is 0 Å². The number of hydrogen-bond acceptors (Lipinski definition) is 7. The van der Waals surface area contributed by atoms with E-state index < -0.39 is 0 Å². The van der Waals surface area contributed by atoms with Crippen LogP contribution in [0.4, 0.5) is 0 Å². The van der Waals surface area contributed by atoms with Crippen molar-refractivity contribution in [2.45, 2.75) is 19.9 Å². The molecule has 0 saturated carbocycles. The van der Waals surface area contributed by atoms with Gasteiger partial charge in [0.15, 0.2) is 5.82 Å². The maximum absolute atomic E-state index is 6.13. The van der Waals surface area contributed by atoms with Gasteiger partial charge in [0.1, 0.15) is 10.6 Å². The lowest BCUT2D eigenvalue weighted by molar-refractivity contribution is 0.278. The second-order valence-corrected chi connectivity index (χ2v) is 5.28. The zero-order valence-electron chi connectivity index (χ0n) is 12.0. The zero-order chi connectivity index (χ0) is 14.5. The summed E-state index contributed by atoms with van der Waals surface area (Å²) in [4.78, 5) is 7.45. The lowest BCUT2D eigenvalue weighted by Gasteiger charge is -2.20. The number of aromatic nitrogens is 2. The van der Waals surface area contributed by atoms with Crippen LogP contribution in [0.15, 0.2) is 16.0 Å². The Balaban J connectivity index is 2.12. The van der Waals surface area contributed by atoms with Crippen LogP contribution in [0.3, 0.4) is 0 Å². The first kappa shape index (κ1) is 15.0. The molecule has 0 saturated heterocycles. The van der Waals surface area contributed by atoms with Gasteiger partial charge >= 0.3 is 0 Å². The van der Waals surface area contributed by atoms with Crippen LogP contribution in [-0.2, 0) is 0 Å². The molecule has 20 heavy (non-hydrogen) atoms. The number of hydrogen-bond donors (Lipinski definition) is 1. The summed E-state index contributed by atoms with van der Waals surface area (Å²) in [7, 11) is 1.62. The zero-order valence-corrected chi connectivity index (χ0v) is 12.8. The monoisotopic (exact) mass is 296 g/mol. The average molecular weight is 296 g/mol. The Morgan fingerprint density at radius 3 is 2.85 bits per heavy atom. The van der Waals surface area contributed by atoms with Crippen molar-refractivity contribution < 1.29 is 9.26 Å². The summed E-state index contributed by atoms with van der Waals surface area (Å²) in [5.41, 5.74) is 6.13. The van der Waals surface area contributed by atoms with E-state index in [1.54, 1.807) is 7.11 Å². The number of nitrogens with two attached hydrogens (primary N) is 1. The van der Waals surface area contributed by atoms with Crippen molar-refractivity contribution in [1.82, 2.24) is 15.0 Å². The van der Waals surface area contributed by atoms with Crippen LogP contribution < -0.4 is 10.5 Å². The molecule has 0 radical (unpaired) electrons. The molecule has 1 unspecified atom stereocenters. The van der Waals surface area contributed by atoms with Gasteiger partial charge in [0, 0.05) is 6.54 Å². The van der Waals surface area contributed by atoms with E-state index in [4.69, 9.17) is 15.0 Å². The summed E-state index contributed by atoms with van der Waals surface area (Å²) < 4.78 is 10.5. The number of nitrogens with zero attached hydrogens (tertiary/aromatic N) is 3. The van der Waals surface area contributed by atoms with Crippen molar-refractivity contribution in [2.24, 2.45) is 5.73 Å². The first-order chi connectivity index (χ1) is 9.69. The molecule has 0 bridgehead atoms. The summed E-state index contributed by atoms with van der Waals surface area (Å²) in [6, 6.07) is 1.62. The van der Waals surface area contributed by atoms with E-state index in [-0.39, 0.29) is 6.04 Å². The number of methoxy groups -OCH3 is 1. The largest absolute Gasteiger partial charge is 0.495 e. The van der Waals surface area contributed by atoms with Crippen LogP contribution >= 0.6 is 11.3 Å². The highest BCUT2D eigenvalue weighted by Gasteiger charge is 2.20. The van der Waals surface area contributed by atoms with E-state index in [0.717, 1.165) is 23.7 Å². The third-order valence-corrected chi connectivity index (χ3v) is 4.05. The van der Waals surface area contributed by atoms with E-state index in [1.807, 2.05) is 11.4 Å². The van der Waals surface area contributed by atoms with Crippen LogP contribution in [-0.4, -0.2) is 41.8 Å². The number of ether oxygens (including phenoxy) is 1. The predicted molar refractivity (Wildman–Crippen MR) is 78.9 cm³/mol. The summed E-state index contributed by atoms with van der Waals surface area (Å²) in [6.45, 7) is 6.83. The average Bonchev–Trinajstić information content (AvgIpc) is 3.11. The first-order valence-corrected chi connectivity index (χ1v) is 7.50. The first-order valence-electron chi connectivity index (χ1n) is 6.62. The molecule has 0 aliphatic carbocycles. The molecule has 2 aromatic rings. The highest BCUT2D eigenvalue weighted by Crippen LogP contribution is 2.34. The van der Waals surface area contributed by atoms with Gasteiger partial charge in [-0.25, -0.2) is 0 Å². The Morgan fingerprint density at radius 1 is 1.45 bits per heavy atom. The van der Waals surface area contributed by atoms with Gasteiger partial charge in [-0.15, -0.1) is 11.3 Å². The third kappa shape index (κ3) is 3.17. The van der Waals surface area contributed by atoms with Crippen molar-refractivity contribution in [3.8, 4) is 16.5 Å². The van der Waals surface area contributed by atoms with E-state index in [9.17, 15) is 0 Å². The second kappa shape index (κ2) is 6.83. The third-order valence-electron chi connectivity index (χ3n) is 3.17. The lowest BCUT2D eigenvalue weighted by atomic mass is 10.2. The SMILES string of the molecule is CCN(CC)CC(N)c1noc(-c2sccc2OC)n1. The highest BCUT2D eigenvalue weighted by atomic mass is 32.1. The fraction of sp³-hybridized carbons (Fsp3) is 0.538. The summed E-state index contributed by atoms with van der Waals surface area (Å²) in [5, 5.41) is 5.91. The number of thiophene rings is 1. The van der Waals surface area contributed by atoms with Gasteiger partial charge < -0.3 is 19.9 Å². The fourth-order valence-electron chi connectivity index (χ4n) is 1.93. The number of rotatable bonds is 7. The van der Waals surface area contributed by atoms with Gasteiger partial charge in [-0.05, 0) is 24.5 Å². The molecule has 2 rings (SSSR count). The van der Waals surface area contributed by atoms with Gasteiger partial charge in [-0.3, -0.25) is 0 Å². The summed E-state index contributed by atoms with van der Waals surface area (Å²) in [6.07, 6.45) is 0. The van der Waals surface area contributed by atoms with Crippen molar-refractivity contribution in [2.75, 3.05) is 26.7 Å². The molecule has 0 spiro atoms. The minimum absolute atomic E-state index is 0.252. The van der Waals surface area contributed by atoms with Gasteiger partial charge in [0.05, 0.1) is 13.2 Å². The van der Waals surface area contributed by atoms with Crippen molar-refractivity contribution in [3.63, 3.8) is 0 Å². The molecular formula is C13H20N4O2S. The second-order valence-electron chi connectivity index (χ2n) is 4.37. The lowest BCUT2D eigenvalue weighted by Crippen LogP contribution is -2.32. The fourth-order valence-corrected chi connectivity index (χ4v) is 2.71. The Morgan fingerprint density at radius 2 is 2.20 bits per heavy atom. The normalized spacial score (nSPS) is 12.8. The van der Waals surface area contributed by atoms with Crippen LogP contribution in [0, 0.1) is 0 Å². The standard InChI is InChI=1S/C13H20N4O2S/c1-4-17(5-2)8-9(14)12-15-13(19-16-12)11-10(18-3)6-7-20-11/h6-7,9H,4-5,8,14H2,1-3H3.